The summed E-state index contributed by atoms with van der Waals surface area (Å²) >= 11 is 5.57. The Morgan fingerprint density at radius 3 is 1.91 bits per heavy atom. The first-order chi connectivity index (χ1) is 40.8. The molecule has 1 heterocycles. The van der Waals surface area contributed by atoms with Gasteiger partial charge in [0.1, 0.15) is 29.2 Å². The van der Waals surface area contributed by atoms with Crippen molar-refractivity contribution in [3.63, 3.8) is 0 Å². The zero-order valence-corrected chi connectivity index (χ0v) is 47.3. The van der Waals surface area contributed by atoms with E-state index >= 15 is 0 Å². The summed E-state index contributed by atoms with van der Waals surface area (Å²) in [5.41, 5.74) is 3.62. The molecule has 0 spiro atoms. The second kappa shape index (κ2) is 33.0. The summed E-state index contributed by atoms with van der Waals surface area (Å²) in [7, 11) is 0. The Bertz CT molecular complexity index is 3330. The zero-order chi connectivity index (χ0) is 61.3. The number of nitrogens with one attached hydrogen (secondary N) is 8. The number of benzene rings is 5. The number of phenols is 1. The minimum absolute atomic E-state index is 0.0646. The average Bonchev–Trinajstić information content (AvgIpc) is 0.956. The second-order valence-electron chi connectivity index (χ2n) is 20.2. The summed E-state index contributed by atoms with van der Waals surface area (Å²) in [4.78, 5) is 111. The predicted molar refractivity (Wildman–Crippen MR) is 320 cm³/mol. The number of thiocarbonyl (C=S) groups is 1. The van der Waals surface area contributed by atoms with Crippen molar-refractivity contribution in [1.29, 1.82) is 0 Å². The van der Waals surface area contributed by atoms with Crippen LogP contribution in [0.5, 0.6) is 5.75 Å². The molecule has 6 rings (SSSR count). The van der Waals surface area contributed by atoms with Crippen LogP contribution < -0.4 is 48.0 Å². The molecule has 0 fully saturated rings. The fraction of sp³-hybridized carbons (Fsp3) is 0.344. The van der Waals surface area contributed by atoms with Crippen molar-refractivity contribution in [3.05, 3.63) is 142 Å². The van der Waals surface area contributed by atoms with Crippen LogP contribution in [0.25, 0.3) is 33.4 Å². The van der Waals surface area contributed by atoms with Crippen molar-refractivity contribution in [2.24, 2.45) is 0 Å². The van der Waals surface area contributed by atoms with Crippen LogP contribution in [0.4, 0.5) is 10.5 Å². The molecule has 0 aromatic heterocycles. The summed E-state index contributed by atoms with van der Waals surface area (Å²) in [5.74, 6) is -6.12. The molecular weight excluding hydrogens is 1120 g/mol. The van der Waals surface area contributed by atoms with Gasteiger partial charge in [-0.1, -0.05) is 86.0 Å². The van der Waals surface area contributed by atoms with E-state index < -0.39 is 66.8 Å². The quantitative estimate of drug-likeness (QED) is 0.0125. The van der Waals surface area contributed by atoms with Crippen LogP contribution in [-0.4, -0.2) is 129 Å². The SMILES string of the molecule is O=C(O)CC[C@H](NC(=O)N[C@@H](CCC(=O)NCCCCCCCC(=O)N[C@@H](CCc1ccccc1)CN[C@@H](Cc1ccccc1)C(=O)NCCNC(=S)Nc1ccc(-c2c3ccc(=O)cc-3oc3cc(O)ccc23)c(C(=O)O)c1)C(=O)O)C(=O)O. The lowest BCUT2D eigenvalue weighted by atomic mass is 9.90. The smallest absolute Gasteiger partial charge is 0.336 e. The van der Waals surface area contributed by atoms with E-state index in [-0.39, 0.29) is 83.4 Å². The van der Waals surface area contributed by atoms with Crippen molar-refractivity contribution in [3.8, 4) is 28.2 Å². The van der Waals surface area contributed by atoms with Gasteiger partial charge < -0.3 is 72.5 Å². The predicted octanol–water partition coefficient (Wildman–Crippen LogP) is 6.00. The lowest BCUT2D eigenvalue weighted by molar-refractivity contribution is -0.141. The molecule has 0 unspecified atom stereocenters. The van der Waals surface area contributed by atoms with Gasteiger partial charge in [-0.25, -0.2) is 19.2 Å². The Morgan fingerprint density at radius 2 is 1.22 bits per heavy atom. The minimum atomic E-state index is -1.56. The summed E-state index contributed by atoms with van der Waals surface area (Å²) < 4.78 is 5.94. The number of carbonyl (C=O) groups is 8. The Kier molecular flexibility index (Phi) is 25.2. The molecule has 0 radical (unpaired) electrons. The van der Waals surface area contributed by atoms with E-state index in [2.05, 4.69) is 37.2 Å². The van der Waals surface area contributed by atoms with Gasteiger partial charge in [0.15, 0.2) is 10.5 Å². The first-order valence-electron chi connectivity index (χ1n) is 27.8. The second-order valence-corrected chi connectivity index (χ2v) is 20.6. The molecular formula is C61H70N8O15S. The lowest BCUT2D eigenvalue weighted by Gasteiger charge is -2.24. The monoisotopic (exact) mass is 1190 g/mol. The molecule has 4 atom stereocenters. The number of aromatic hydroxyl groups is 1. The van der Waals surface area contributed by atoms with Crippen molar-refractivity contribution < 1.29 is 68.3 Å². The standard InChI is InChI=1S/C61H70N8O15S/c70-41-20-23-44-50(34-41)84-51-35-42(71)21-24-45(51)55(44)43-22-19-39(33-46(43)57(77)78)67-61(85)64-31-30-63-56(76)49(32-38-14-8-5-9-15-38)65-36-40(18-17-37-12-6-4-7-13-37)66-53(73)16-10-2-1-3-11-29-62-52(72)27-25-47(58(79)80)68-60(83)69-48(59(81)82)26-28-54(74)75/h4-9,12-15,19-24,33-35,40,47-49,65,70H,1-3,10-11,16-18,25-32,36H2,(H,62,72)(H,63,76)(H,66,73)(H,74,75)(H,77,78)(H,79,80)(H,81,82)(H2,64,67,85)(H2,68,69,83)/t40-,47-,48-,49-/m0/s1. The van der Waals surface area contributed by atoms with Crippen molar-refractivity contribution in [2.75, 3.05) is 31.5 Å². The van der Waals surface area contributed by atoms with Crippen LogP contribution in [0.15, 0.2) is 124 Å². The van der Waals surface area contributed by atoms with Gasteiger partial charge in [0, 0.05) is 85.8 Å². The first kappa shape index (κ1) is 64.7. The molecule has 0 bridgehead atoms. The number of aliphatic carboxylic acids is 3. The summed E-state index contributed by atoms with van der Waals surface area (Å²) in [5, 5.41) is 71.4. The molecule has 24 heteroatoms. The number of carboxylic acid groups (broad SMARTS) is 4. The molecule has 2 aliphatic rings. The van der Waals surface area contributed by atoms with Crippen LogP contribution in [0.1, 0.15) is 92.1 Å². The lowest BCUT2D eigenvalue weighted by Crippen LogP contribution is -2.51. The third-order valence-electron chi connectivity index (χ3n) is 13.8. The van der Waals surface area contributed by atoms with E-state index in [0.29, 0.717) is 73.0 Å². The van der Waals surface area contributed by atoms with Gasteiger partial charge in [-0.2, -0.15) is 0 Å². The molecule has 1 aliphatic heterocycles. The number of amides is 5. The Morgan fingerprint density at radius 1 is 0.576 bits per heavy atom. The number of aryl methyl sites for hydroxylation is 1. The van der Waals surface area contributed by atoms with Crippen molar-refractivity contribution >= 4 is 81.6 Å². The maximum atomic E-state index is 13.9. The van der Waals surface area contributed by atoms with E-state index in [9.17, 15) is 63.6 Å². The summed E-state index contributed by atoms with van der Waals surface area (Å²) in [6.45, 7) is 1.00. The van der Waals surface area contributed by atoms with Crippen LogP contribution in [0, 0.1) is 0 Å². The highest BCUT2D eigenvalue weighted by Crippen LogP contribution is 2.42. The first-order valence-corrected chi connectivity index (χ1v) is 28.3. The van der Waals surface area contributed by atoms with Gasteiger partial charge >= 0.3 is 29.9 Å². The number of phenolic OH excluding ortho intramolecular Hbond substituents is 1. The van der Waals surface area contributed by atoms with Gasteiger partial charge in [-0.15, -0.1) is 0 Å². The summed E-state index contributed by atoms with van der Waals surface area (Å²) in [6, 6.07) is 27.6. The maximum Gasteiger partial charge on any atom is 0.336 e. The van der Waals surface area contributed by atoms with Crippen LogP contribution in [0.2, 0.25) is 0 Å². The van der Waals surface area contributed by atoms with E-state index in [1.54, 1.807) is 24.3 Å². The number of rotatable bonds is 34. The van der Waals surface area contributed by atoms with Crippen molar-refractivity contribution in [2.45, 2.75) is 108 Å². The van der Waals surface area contributed by atoms with E-state index in [0.717, 1.165) is 30.4 Å². The van der Waals surface area contributed by atoms with E-state index in [4.69, 9.17) is 21.7 Å². The number of anilines is 1. The molecule has 85 heavy (non-hydrogen) atoms. The summed E-state index contributed by atoms with van der Waals surface area (Å²) in [6.07, 6.45) is 3.96. The number of hydrogen-bond donors (Lipinski definition) is 13. The zero-order valence-electron chi connectivity index (χ0n) is 46.5. The maximum absolute atomic E-state index is 13.9. The number of hydrogen-bond acceptors (Lipinski definition) is 13. The molecule has 5 amide bonds. The van der Waals surface area contributed by atoms with Gasteiger partial charge in [-0.05, 0) is 110 Å². The molecule has 0 saturated heterocycles. The molecule has 1 aliphatic carbocycles. The third kappa shape index (κ3) is 21.4. The Hall–Kier alpha value is -9.42. The fourth-order valence-electron chi connectivity index (χ4n) is 9.40. The van der Waals surface area contributed by atoms with Crippen LogP contribution >= 0.6 is 12.2 Å². The number of fused-ring (bicyclic) bond motifs is 2. The molecule has 23 nitrogen and oxygen atoms in total. The van der Waals surface area contributed by atoms with E-state index in [1.807, 2.05) is 66.0 Å². The normalized spacial score (nSPS) is 12.4. The van der Waals surface area contributed by atoms with Gasteiger partial charge in [-0.3, -0.25) is 24.0 Å². The van der Waals surface area contributed by atoms with Gasteiger partial charge in [0.05, 0.1) is 11.6 Å². The van der Waals surface area contributed by atoms with Gasteiger partial charge in [0.25, 0.3) is 0 Å². The number of carboxylic acids is 4. The number of urea groups is 1. The molecule has 0 saturated carbocycles. The Labute approximate surface area is 494 Å². The van der Waals surface area contributed by atoms with E-state index in [1.165, 1.54) is 30.3 Å². The third-order valence-corrected chi connectivity index (χ3v) is 14.0. The highest BCUT2D eigenvalue weighted by molar-refractivity contribution is 7.80. The van der Waals surface area contributed by atoms with Gasteiger partial charge in [0.2, 0.25) is 17.7 Å². The molecule has 4 aromatic carbocycles. The van der Waals surface area contributed by atoms with Crippen molar-refractivity contribution in [1.82, 2.24) is 37.2 Å². The van der Waals surface area contributed by atoms with Crippen LogP contribution in [0.3, 0.4) is 0 Å². The van der Waals surface area contributed by atoms with Crippen LogP contribution in [-0.2, 0) is 41.6 Å². The number of carbonyl (C=O) groups excluding carboxylic acids is 4. The molecule has 13 N–H and O–H groups in total. The molecule has 450 valence electrons. The highest BCUT2D eigenvalue weighted by Gasteiger charge is 2.27. The fourth-order valence-corrected chi connectivity index (χ4v) is 9.62. The average molecular weight is 1190 g/mol. The minimum Gasteiger partial charge on any atom is -0.508 e. The largest absolute Gasteiger partial charge is 0.508 e. The number of aromatic carboxylic acids is 1. The highest BCUT2D eigenvalue weighted by atomic mass is 32.1. The number of unbranched alkanes of at least 4 members (excludes halogenated alkanes) is 4. The Balaban J connectivity index is 0.952. The molecule has 4 aromatic rings. The topological polar surface area (TPSA) is 364 Å².